The number of anilines is 1. The number of halogens is 1. The number of methoxy groups -OCH3 is 2. The van der Waals surface area contributed by atoms with Gasteiger partial charge in [-0.05, 0) is 19.1 Å². The molecule has 0 aliphatic carbocycles. The molecule has 0 aliphatic rings. The number of carbonyl (C=O) groups is 1. The maximum atomic E-state index is 12.8. The molecule has 1 N–H and O–H groups in total. The van der Waals surface area contributed by atoms with Crippen LogP contribution >= 0.6 is 11.6 Å². The Kier molecular flexibility index (Phi) is 4.31. The third kappa shape index (κ3) is 2.76. The Morgan fingerprint density at radius 3 is 2.67 bits per heavy atom. The first-order chi connectivity index (χ1) is 11.5. The number of nitrogens with one attached hydrogen (secondary N) is 1. The van der Waals surface area contributed by atoms with Gasteiger partial charge in [-0.25, -0.2) is 4.98 Å². The second kappa shape index (κ2) is 6.41. The number of nitrogens with zero attached hydrogens (tertiary/aromatic N) is 2. The molecule has 1 aromatic carbocycles. The van der Waals surface area contributed by atoms with Gasteiger partial charge in [0, 0.05) is 18.3 Å². The molecule has 2 heterocycles. The summed E-state index contributed by atoms with van der Waals surface area (Å²) >= 11 is 6.09. The number of hydrogen-bond acceptors (Lipinski definition) is 4. The largest absolute Gasteiger partial charge is 0.495 e. The molecule has 0 unspecified atom stereocenters. The van der Waals surface area contributed by atoms with Crippen molar-refractivity contribution >= 4 is 28.8 Å². The summed E-state index contributed by atoms with van der Waals surface area (Å²) in [6.45, 7) is 1.79. The van der Waals surface area contributed by atoms with Gasteiger partial charge in [-0.1, -0.05) is 17.7 Å². The molecule has 1 amide bonds. The minimum Gasteiger partial charge on any atom is -0.495 e. The molecule has 6 nitrogen and oxygen atoms in total. The highest BCUT2D eigenvalue weighted by molar-refractivity contribution is 6.32. The van der Waals surface area contributed by atoms with Crippen molar-refractivity contribution in [3.63, 3.8) is 0 Å². The van der Waals surface area contributed by atoms with Crippen molar-refractivity contribution < 1.29 is 14.3 Å². The average molecular weight is 346 g/mol. The lowest BCUT2D eigenvalue weighted by atomic mass is 10.2. The van der Waals surface area contributed by atoms with E-state index in [4.69, 9.17) is 21.1 Å². The van der Waals surface area contributed by atoms with Crippen LogP contribution in [0.3, 0.4) is 0 Å². The molecule has 3 aromatic rings. The summed E-state index contributed by atoms with van der Waals surface area (Å²) in [5.41, 5.74) is 2.27. The van der Waals surface area contributed by atoms with Crippen molar-refractivity contribution in [2.45, 2.75) is 6.92 Å². The average Bonchev–Trinajstić information content (AvgIpc) is 2.91. The van der Waals surface area contributed by atoms with Gasteiger partial charge in [0.1, 0.15) is 22.8 Å². The highest BCUT2D eigenvalue weighted by Crippen LogP contribution is 2.36. The Morgan fingerprint density at radius 1 is 1.21 bits per heavy atom. The van der Waals surface area contributed by atoms with Gasteiger partial charge in [0.15, 0.2) is 0 Å². The number of fused-ring (bicyclic) bond motifs is 1. The lowest BCUT2D eigenvalue weighted by molar-refractivity contribution is 0.102. The van der Waals surface area contributed by atoms with Crippen LogP contribution in [0.5, 0.6) is 11.5 Å². The third-order valence-corrected chi connectivity index (χ3v) is 3.94. The Balaban J connectivity index is 2.01. The molecule has 7 heteroatoms. The Labute approximate surface area is 144 Å². The molecule has 0 bridgehead atoms. The predicted octanol–water partition coefficient (Wildman–Crippen LogP) is 3.57. The second-order valence-electron chi connectivity index (χ2n) is 5.12. The maximum Gasteiger partial charge on any atom is 0.274 e. The summed E-state index contributed by atoms with van der Waals surface area (Å²) in [5.74, 6) is 0.595. The molecule has 0 spiro atoms. The molecule has 2 aromatic heterocycles. The first-order valence-corrected chi connectivity index (χ1v) is 7.59. The SMILES string of the molecule is COc1cc(NC(=O)c2c(C)nc3ccccn23)c(OC)cc1Cl. The number of carbonyl (C=O) groups excluding carboxylic acids is 1. The van der Waals surface area contributed by atoms with Crippen molar-refractivity contribution in [3.8, 4) is 11.5 Å². The van der Waals surface area contributed by atoms with Crippen molar-refractivity contribution in [2.75, 3.05) is 19.5 Å². The van der Waals surface area contributed by atoms with Crippen LogP contribution < -0.4 is 14.8 Å². The summed E-state index contributed by atoms with van der Waals surface area (Å²) in [4.78, 5) is 17.2. The third-order valence-electron chi connectivity index (χ3n) is 3.64. The molecule has 0 atom stereocenters. The first-order valence-electron chi connectivity index (χ1n) is 7.21. The smallest absolute Gasteiger partial charge is 0.274 e. The lowest BCUT2D eigenvalue weighted by Gasteiger charge is -2.13. The number of amides is 1. The van der Waals surface area contributed by atoms with E-state index in [1.807, 2.05) is 18.2 Å². The summed E-state index contributed by atoms with van der Waals surface area (Å²) in [6, 6.07) is 8.78. The summed E-state index contributed by atoms with van der Waals surface area (Å²) in [5, 5.41) is 3.24. The molecule has 124 valence electrons. The monoisotopic (exact) mass is 345 g/mol. The van der Waals surface area contributed by atoms with Gasteiger partial charge in [0.25, 0.3) is 5.91 Å². The van der Waals surface area contributed by atoms with E-state index < -0.39 is 0 Å². The minimum atomic E-state index is -0.297. The van der Waals surface area contributed by atoms with E-state index in [9.17, 15) is 4.79 Å². The molecular weight excluding hydrogens is 330 g/mol. The normalized spacial score (nSPS) is 10.7. The zero-order valence-corrected chi connectivity index (χ0v) is 14.2. The highest BCUT2D eigenvalue weighted by atomic mass is 35.5. The van der Waals surface area contributed by atoms with Crippen LogP contribution in [0, 0.1) is 6.92 Å². The van der Waals surface area contributed by atoms with Gasteiger partial charge in [-0.3, -0.25) is 9.20 Å². The van der Waals surface area contributed by atoms with Gasteiger partial charge >= 0.3 is 0 Å². The summed E-state index contributed by atoms with van der Waals surface area (Å²) in [7, 11) is 3.02. The zero-order chi connectivity index (χ0) is 17.3. The van der Waals surface area contributed by atoms with Crippen LogP contribution in [-0.4, -0.2) is 29.5 Å². The number of aromatic nitrogens is 2. The lowest BCUT2D eigenvalue weighted by Crippen LogP contribution is -2.16. The Hall–Kier alpha value is -2.73. The Bertz CT molecular complexity index is 921. The highest BCUT2D eigenvalue weighted by Gasteiger charge is 2.19. The van der Waals surface area contributed by atoms with Crippen molar-refractivity contribution in [1.29, 1.82) is 0 Å². The van der Waals surface area contributed by atoms with E-state index in [1.165, 1.54) is 14.2 Å². The fourth-order valence-corrected chi connectivity index (χ4v) is 2.76. The molecule has 0 radical (unpaired) electrons. The standard InChI is InChI=1S/C17H16ClN3O3/c1-10-16(21-7-5-4-6-15(21)19-10)17(22)20-12-9-13(23-2)11(18)8-14(12)24-3/h4-9H,1-3H3,(H,20,22). The number of benzene rings is 1. The molecule has 24 heavy (non-hydrogen) atoms. The van der Waals surface area contributed by atoms with Crippen molar-refractivity contribution in [1.82, 2.24) is 9.38 Å². The van der Waals surface area contributed by atoms with Crippen molar-refractivity contribution in [3.05, 3.63) is 52.9 Å². The maximum absolute atomic E-state index is 12.8. The topological polar surface area (TPSA) is 64.9 Å². The summed E-state index contributed by atoms with van der Waals surface area (Å²) < 4.78 is 12.2. The van der Waals surface area contributed by atoms with Gasteiger partial charge < -0.3 is 14.8 Å². The van der Waals surface area contributed by atoms with Crippen LogP contribution in [0.2, 0.25) is 5.02 Å². The van der Waals surface area contributed by atoms with Gasteiger partial charge in [-0.2, -0.15) is 0 Å². The number of hydrogen-bond donors (Lipinski definition) is 1. The fraction of sp³-hybridized carbons (Fsp3) is 0.176. The number of rotatable bonds is 4. The van der Waals surface area contributed by atoms with Crippen LogP contribution in [0.25, 0.3) is 5.65 Å². The van der Waals surface area contributed by atoms with Crippen LogP contribution in [0.15, 0.2) is 36.5 Å². The van der Waals surface area contributed by atoms with Crippen molar-refractivity contribution in [2.24, 2.45) is 0 Å². The van der Waals surface area contributed by atoms with Crippen LogP contribution in [0.1, 0.15) is 16.2 Å². The van der Waals surface area contributed by atoms with Crippen LogP contribution in [0.4, 0.5) is 5.69 Å². The molecule has 0 aliphatic heterocycles. The van der Waals surface area contributed by atoms with E-state index in [0.717, 1.165) is 0 Å². The minimum absolute atomic E-state index is 0.297. The molecular formula is C17H16ClN3O3. The number of pyridine rings is 1. The van der Waals surface area contributed by atoms with E-state index >= 15 is 0 Å². The predicted molar refractivity (Wildman–Crippen MR) is 92.4 cm³/mol. The molecule has 0 fully saturated rings. The number of ether oxygens (including phenoxy) is 2. The van der Waals surface area contributed by atoms with Gasteiger partial charge in [0.2, 0.25) is 0 Å². The molecule has 0 saturated heterocycles. The van der Waals surface area contributed by atoms with E-state index in [-0.39, 0.29) is 5.91 Å². The first kappa shape index (κ1) is 16.1. The molecule has 3 rings (SSSR count). The van der Waals surface area contributed by atoms with E-state index in [2.05, 4.69) is 10.3 Å². The van der Waals surface area contributed by atoms with E-state index in [1.54, 1.807) is 29.7 Å². The number of aryl methyl sites for hydroxylation is 1. The van der Waals surface area contributed by atoms with Gasteiger partial charge in [0.05, 0.1) is 30.6 Å². The number of imidazole rings is 1. The quantitative estimate of drug-likeness (QED) is 0.785. The molecule has 0 saturated carbocycles. The second-order valence-corrected chi connectivity index (χ2v) is 5.52. The van der Waals surface area contributed by atoms with E-state index in [0.29, 0.717) is 39.2 Å². The fourth-order valence-electron chi connectivity index (χ4n) is 2.53. The Morgan fingerprint density at radius 2 is 1.96 bits per heavy atom. The summed E-state index contributed by atoms with van der Waals surface area (Å²) in [6.07, 6.45) is 1.80. The zero-order valence-electron chi connectivity index (χ0n) is 13.5. The van der Waals surface area contributed by atoms with Crippen LogP contribution in [-0.2, 0) is 0 Å². The van der Waals surface area contributed by atoms with Gasteiger partial charge in [-0.15, -0.1) is 0 Å².